The lowest BCUT2D eigenvalue weighted by molar-refractivity contribution is 0.0845. The number of phenols is 1. The Balaban J connectivity index is 0.00000101. The molecule has 0 spiro atoms. The van der Waals surface area contributed by atoms with Crippen LogP contribution in [0.25, 0.3) is 0 Å². The number of hydrogen-bond acceptors (Lipinski definition) is 4. The Kier molecular flexibility index (Phi) is 9.24. The molecule has 1 fully saturated rings. The number of anilines is 1. The van der Waals surface area contributed by atoms with Crippen LogP contribution < -0.4 is 10.2 Å². The number of carbonyl (C=O) groups excluding carboxylic acids is 1. The minimum atomic E-state index is -0.172. The van der Waals surface area contributed by atoms with Crippen LogP contribution in [-0.2, 0) is 18.3 Å². The summed E-state index contributed by atoms with van der Waals surface area (Å²) in [6.07, 6.45) is 5.11. The van der Waals surface area contributed by atoms with Gasteiger partial charge in [0, 0.05) is 62.1 Å². The van der Waals surface area contributed by atoms with E-state index in [0.717, 1.165) is 49.5 Å². The van der Waals surface area contributed by atoms with Gasteiger partial charge in [-0.3, -0.25) is 4.79 Å². The third-order valence-electron chi connectivity index (χ3n) is 5.37. The van der Waals surface area contributed by atoms with Crippen LogP contribution in [0.15, 0.2) is 30.5 Å². The van der Waals surface area contributed by atoms with Gasteiger partial charge in [-0.25, -0.2) is 0 Å². The van der Waals surface area contributed by atoms with E-state index in [1.165, 1.54) is 6.42 Å². The second-order valence-electron chi connectivity index (χ2n) is 7.77. The van der Waals surface area contributed by atoms with Crippen LogP contribution >= 0.6 is 0 Å². The number of carbonyl (C=O) groups is 1. The van der Waals surface area contributed by atoms with E-state index < -0.39 is 0 Å². The van der Waals surface area contributed by atoms with Gasteiger partial charge in [0.1, 0.15) is 5.75 Å². The number of amides is 1. The Labute approximate surface area is 180 Å². The molecule has 1 amide bonds. The van der Waals surface area contributed by atoms with Crippen molar-refractivity contribution < 1.29 is 14.6 Å². The van der Waals surface area contributed by atoms with Crippen LogP contribution in [0.1, 0.15) is 61.6 Å². The van der Waals surface area contributed by atoms with Gasteiger partial charge >= 0.3 is 0 Å². The summed E-state index contributed by atoms with van der Waals surface area (Å²) in [5.74, 6) is -0.0565. The normalized spacial score (nSPS) is 14.0. The average Bonchev–Trinajstić information content (AvgIpc) is 3.15. The average molecular weight is 416 g/mol. The second-order valence-corrected chi connectivity index (χ2v) is 7.77. The zero-order valence-electron chi connectivity index (χ0n) is 19.1. The fraction of sp³-hybridized carbons (Fsp3) is 0.542. The lowest BCUT2D eigenvalue weighted by Gasteiger charge is -2.36. The fourth-order valence-corrected chi connectivity index (χ4v) is 3.79. The van der Waals surface area contributed by atoms with Crippen molar-refractivity contribution in [3.63, 3.8) is 0 Å². The van der Waals surface area contributed by atoms with E-state index in [1.807, 2.05) is 36.9 Å². The minimum Gasteiger partial charge on any atom is -0.508 e. The monoisotopic (exact) mass is 415 g/mol. The number of ether oxygens (including phenoxy) is 1. The van der Waals surface area contributed by atoms with Crippen LogP contribution in [-0.4, -0.2) is 41.4 Å². The van der Waals surface area contributed by atoms with Gasteiger partial charge in [-0.2, -0.15) is 0 Å². The fourth-order valence-electron chi connectivity index (χ4n) is 3.79. The maximum absolute atomic E-state index is 12.8. The molecule has 1 aliphatic heterocycles. The minimum absolute atomic E-state index is 0.116. The van der Waals surface area contributed by atoms with Crippen molar-refractivity contribution in [3.8, 4) is 5.75 Å². The number of aromatic nitrogens is 1. The highest BCUT2D eigenvalue weighted by Crippen LogP contribution is 2.32. The Hall–Kier alpha value is -2.47. The molecule has 0 aliphatic carbocycles. The maximum atomic E-state index is 12.8. The Bertz CT molecular complexity index is 810. The van der Waals surface area contributed by atoms with Crippen LogP contribution in [0.5, 0.6) is 5.75 Å². The molecule has 1 aromatic heterocycles. The molecule has 6 nitrogen and oxygen atoms in total. The largest absolute Gasteiger partial charge is 0.508 e. The summed E-state index contributed by atoms with van der Waals surface area (Å²) in [6, 6.07) is 7.61. The standard InChI is InChI=1S/C21H29N3O3.C3H8/c1-4-24(16-7-10-27-11-8-16)20-13-18(25)12-19(15(20)2)21(26)22-14-17-6-5-9-23(17)3;1-3-2/h5-6,9,12-13,16,25H,4,7-8,10-11,14H2,1-3H3,(H,22,26);3H2,1-2H3. The van der Waals surface area contributed by atoms with E-state index in [0.29, 0.717) is 18.2 Å². The van der Waals surface area contributed by atoms with Crippen molar-refractivity contribution >= 4 is 11.6 Å². The first kappa shape index (κ1) is 23.8. The number of aryl methyl sites for hydroxylation is 1. The number of nitrogens with one attached hydrogen (secondary N) is 1. The van der Waals surface area contributed by atoms with Gasteiger partial charge in [-0.15, -0.1) is 0 Å². The molecule has 166 valence electrons. The SMILES string of the molecule is CCC.CCN(c1cc(O)cc(C(=O)NCc2cccn2C)c1C)C1CCOCC1. The van der Waals surface area contributed by atoms with Gasteiger partial charge < -0.3 is 24.6 Å². The van der Waals surface area contributed by atoms with Gasteiger partial charge in [0.25, 0.3) is 5.91 Å². The third-order valence-corrected chi connectivity index (χ3v) is 5.37. The van der Waals surface area contributed by atoms with Crippen LogP contribution in [0.3, 0.4) is 0 Å². The maximum Gasteiger partial charge on any atom is 0.252 e. The molecule has 1 saturated heterocycles. The highest BCUT2D eigenvalue weighted by atomic mass is 16.5. The summed E-state index contributed by atoms with van der Waals surface area (Å²) in [7, 11) is 1.95. The smallest absolute Gasteiger partial charge is 0.252 e. The first-order valence-corrected chi connectivity index (χ1v) is 11.0. The van der Waals surface area contributed by atoms with E-state index >= 15 is 0 Å². The lowest BCUT2D eigenvalue weighted by Crippen LogP contribution is -2.40. The zero-order valence-corrected chi connectivity index (χ0v) is 19.1. The zero-order chi connectivity index (χ0) is 22.1. The second kappa shape index (κ2) is 11.6. The molecule has 0 radical (unpaired) electrons. The molecule has 1 aromatic carbocycles. The van der Waals surface area contributed by atoms with E-state index in [-0.39, 0.29) is 11.7 Å². The van der Waals surface area contributed by atoms with Crippen molar-refractivity contribution in [2.75, 3.05) is 24.7 Å². The van der Waals surface area contributed by atoms with Crippen LogP contribution in [0, 0.1) is 6.92 Å². The van der Waals surface area contributed by atoms with Crippen molar-refractivity contribution in [1.29, 1.82) is 0 Å². The van der Waals surface area contributed by atoms with E-state index in [2.05, 4.69) is 31.0 Å². The molecule has 2 N–H and O–H groups in total. The summed E-state index contributed by atoms with van der Waals surface area (Å²) in [4.78, 5) is 15.1. The Morgan fingerprint density at radius 3 is 2.50 bits per heavy atom. The Morgan fingerprint density at radius 1 is 1.27 bits per heavy atom. The van der Waals surface area contributed by atoms with Crippen molar-refractivity contribution in [2.45, 2.75) is 59.5 Å². The number of phenolic OH excluding ortho intramolecular Hbond substituents is 1. The number of benzene rings is 1. The molecular weight excluding hydrogens is 378 g/mol. The van der Waals surface area contributed by atoms with Gasteiger partial charge in [0.15, 0.2) is 0 Å². The summed E-state index contributed by atoms with van der Waals surface area (Å²) < 4.78 is 7.46. The van der Waals surface area contributed by atoms with E-state index in [4.69, 9.17) is 4.74 Å². The molecule has 6 heteroatoms. The van der Waals surface area contributed by atoms with Gasteiger partial charge in [0.2, 0.25) is 0 Å². The molecule has 2 heterocycles. The summed E-state index contributed by atoms with van der Waals surface area (Å²) in [6.45, 7) is 11.1. The first-order valence-electron chi connectivity index (χ1n) is 11.0. The molecule has 3 rings (SSSR count). The number of rotatable bonds is 6. The summed E-state index contributed by atoms with van der Waals surface area (Å²) >= 11 is 0. The molecule has 0 saturated carbocycles. The number of nitrogens with zero attached hydrogens (tertiary/aromatic N) is 2. The number of aromatic hydroxyl groups is 1. The van der Waals surface area contributed by atoms with Gasteiger partial charge in [0.05, 0.1) is 6.54 Å². The quantitative estimate of drug-likeness (QED) is 0.734. The summed E-state index contributed by atoms with van der Waals surface area (Å²) in [5, 5.41) is 13.2. The third kappa shape index (κ3) is 6.02. The topological polar surface area (TPSA) is 66.7 Å². The highest BCUT2D eigenvalue weighted by Gasteiger charge is 2.24. The molecule has 30 heavy (non-hydrogen) atoms. The van der Waals surface area contributed by atoms with E-state index in [9.17, 15) is 9.90 Å². The highest BCUT2D eigenvalue weighted by molar-refractivity contribution is 5.97. The summed E-state index contributed by atoms with van der Waals surface area (Å²) in [5.41, 5.74) is 3.36. The van der Waals surface area contributed by atoms with E-state index in [1.54, 1.807) is 12.1 Å². The van der Waals surface area contributed by atoms with Gasteiger partial charge in [-0.1, -0.05) is 20.3 Å². The molecule has 2 aromatic rings. The molecule has 0 unspecified atom stereocenters. The predicted octanol–water partition coefficient (Wildman–Crippen LogP) is 4.39. The van der Waals surface area contributed by atoms with Crippen LogP contribution in [0.2, 0.25) is 0 Å². The van der Waals surface area contributed by atoms with Gasteiger partial charge in [-0.05, 0) is 50.5 Å². The lowest BCUT2D eigenvalue weighted by atomic mass is 10.0. The Morgan fingerprint density at radius 2 is 1.93 bits per heavy atom. The molecular formula is C24H37N3O3. The predicted molar refractivity (Wildman–Crippen MR) is 122 cm³/mol. The molecule has 0 bridgehead atoms. The van der Waals surface area contributed by atoms with Crippen molar-refractivity contribution in [3.05, 3.63) is 47.3 Å². The van der Waals surface area contributed by atoms with Crippen molar-refractivity contribution in [2.24, 2.45) is 7.05 Å². The molecule has 0 atom stereocenters. The van der Waals surface area contributed by atoms with Crippen molar-refractivity contribution in [1.82, 2.24) is 9.88 Å². The first-order chi connectivity index (χ1) is 14.4. The molecule has 1 aliphatic rings. The van der Waals surface area contributed by atoms with Crippen LogP contribution in [0.4, 0.5) is 5.69 Å². The number of hydrogen-bond donors (Lipinski definition) is 2.